The number of benzene rings is 1. The van der Waals surface area contributed by atoms with Gasteiger partial charge in [0, 0.05) is 26.4 Å². The standard InChI is InChI=1S/C19H24FN3O5S/c1-4-23(5-2)29(25,26)14-8-9-16(20)15(13-14)18(24)22-17-7-6-10-21-19(17)28-12-11-27-3/h6-10,13H,4-5,11-12H2,1-3H3,(H,22,24). The number of anilines is 1. The normalized spacial score (nSPS) is 11.5. The number of amides is 1. The summed E-state index contributed by atoms with van der Waals surface area (Å²) in [4.78, 5) is 16.5. The maximum Gasteiger partial charge on any atom is 0.258 e. The number of nitrogens with zero attached hydrogens (tertiary/aromatic N) is 2. The summed E-state index contributed by atoms with van der Waals surface area (Å²) in [5, 5.41) is 2.51. The van der Waals surface area contributed by atoms with Gasteiger partial charge in [-0.1, -0.05) is 13.8 Å². The molecule has 0 aliphatic carbocycles. The van der Waals surface area contributed by atoms with E-state index in [1.54, 1.807) is 26.0 Å². The van der Waals surface area contributed by atoms with Crippen LogP contribution in [0.15, 0.2) is 41.4 Å². The number of pyridine rings is 1. The van der Waals surface area contributed by atoms with E-state index in [9.17, 15) is 17.6 Å². The highest BCUT2D eigenvalue weighted by Gasteiger charge is 2.24. The molecule has 2 rings (SSSR count). The molecule has 1 N–H and O–H groups in total. The maximum atomic E-state index is 14.3. The molecular formula is C19H24FN3O5S. The number of rotatable bonds is 10. The van der Waals surface area contributed by atoms with Crippen LogP contribution in [0.5, 0.6) is 5.88 Å². The second-order valence-corrected chi connectivity index (χ2v) is 7.82. The molecule has 0 bridgehead atoms. The number of hydrogen-bond donors (Lipinski definition) is 1. The third kappa shape index (κ3) is 5.49. The van der Waals surface area contributed by atoms with Gasteiger partial charge in [-0.25, -0.2) is 17.8 Å². The lowest BCUT2D eigenvalue weighted by Crippen LogP contribution is -2.31. The van der Waals surface area contributed by atoms with Crippen molar-refractivity contribution in [3.05, 3.63) is 47.9 Å². The first-order chi connectivity index (χ1) is 13.8. The minimum absolute atomic E-state index is 0.144. The van der Waals surface area contributed by atoms with Gasteiger partial charge in [0.2, 0.25) is 15.9 Å². The molecule has 0 radical (unpaired) electrons. The number of carbonyl (C=O) groups excluding carboxylic acids is 1. The number of hydrogen-bond acceptors (Lipinski definition) is 6. The van der Waals surface area contributed by atoms with Gasteiger partial charge < -0.3 is 14.8 Å². The van der Waals surface area contributed by atoms with E-state index in [4.69, 9.17) is 9.47 Å². The predicted molar refractivity (Wildman–Crippen MR) is 106 cm³/mol. The van der Waals surface area contributed by atoms with Crippen molar-refractivity contribution < 1.29 is 27.1 Å². The van der Waals surface area contributed by atoms with Crippen molar-refractivity contribution in [1.29, 1.82) is 0 Å². The van der Waals surface area contributed by atoms with Crippen molar-refractivity contribution in [2.75, 3.05) is 38.7 Å². The summed E-state index contributed by atoms with van der Waals surface area (Å²) < 4.78 is 51.2. The number of methoxy groups -OCH3 is 1. The van der Waals surface area contributed by atoms with Crippen LogP contribution in [0.25, 0.3) is 0 Å². The van der Waals surface area contributed by atoms with E-state index in [0.717, 1.165) is 18.2 Å². The Labute approximate surface area is 169 Å². The minimum atomic E-state index is -3.83. The molecule has 1 aromatic heterocycles. The van der Waals surface area contributed by atoms with Crippen LogP contribution in [0.1, 0.15) is 24.2 Å². The molecule has 2 aromatic rings. The lowest BCUT2D eigenvalue weighted by atomic mass is 10.2. The fourth-order valence-electron chi connectivity index (χ4n) is 2.56. The summed E-state index contributed by atoms with van der Waals surface area (Å²) in [6, 6.07) is 6.26. The molecule has 158 valence electrons. The average Bonchev–Trinajstić information content (AvgIpc) is 2.70. The number of sulfonamides is 1. The molecule has 0 spiro atoms. The van der Waals surface area contributed by atoms with Gasteiger partial charge in [0.1, 0.15) is 18.1 Å². The number of aromatic nitrogens is 1. The van der Waals surface area contributed by atoms with Gasteiger partial charge in [-0.3, -0.25) is 4.79 Å². The molecular weight excluding hydrogens is 401 g/mol. The highest BCUT2D eigenvalue weighted by molar-refractivity contribution is 7.89. The number of nitrogens with one attached hydrogen (secondary N) is 1. The van der Waals surface area contributed by atoms with Crippen LogP contribution in [0.4, 0.5) is 10.1 Å². The molecule has 0 atom stereocenters. The van der Waals surface area contributed by atoms with Crippen LogP contribution in [0, 0.1) is 5.82 Å². The number of carbonyl (C=O) groups is 1. The van der Waals surface area contributed by atoms with Crippen molar-refractivity contribution in [2.24, 2.45) is 0 Å². The molecule has 0 unspecified atom stereocenters. The molecule has 8 nitrogen and oxygen atoms in total. The van der Waals surface area contributed by atoms with E-state index < -0.39 is 27.3 Å². The molecule has 10 heteroatoms. The fourth-order valence-corrected chi connectivity index (χ4v) is 4.05. The Balaban J connectivity index is 2.31. The first-order valence-corrected chi connectivity index (χ1v) is 10.5. The van der Waals surface area contributed by atoms with Crippen LogP contribution >= 0.6 is 0 Å². The van der Waals surface area contributed by atoms with Crippen molar-refractivity contribution in [3.63, 3.8) is 0 Å². The van der Waals surface area contributed by atoms with Gasteiger partial charge in [0.25, 0.3) is 5.91 Å². The largest absolute Gasteiger partial charge is 0.474 e. The maximum absolute atomic E-state index is 14.3. The summed E-state index contributed by atoms with van der Waals surface area (Å²) in [5.74, 6) is -1.51. The van der Waals surface area contributed by atoms with Crippen molar-refractivity contribution >= 4 is 21.6 Å². The summed E-state index contributed by atoms with van der Waals surface area (Å²) in [6.07, 6.45) is 1.48. The lowest BCUT2D eigenvalue weighted by molar-refractivity contribution is 0.102. The van der Waals surface area contributed by atoms with E-state index in [-0.39, 0.29) is 36.2 Å². The van der Waals surface area contributed by atoms with Gasteiger partial charge in [-0.05, 0) is 30.3 Å². The van der Waals surface area contributed by atoms with E-state index in [1.807, 2.05) is 0 Å². The quantitative estimate of drug-likeness (QED) is 0.588. The van der Waals surface area contributed by atoms with E-state index >= 15 is 0 Å². The zero-order chi connectivity index (χ0) is 21.4. The molecule has 1 heterocycles. The Morgan fingerprint density at radius 3 is 2.59 bits per heavy atom. The molecule has 1 aromatic carbocycles. The highest BCUT2D eigenvalue weighted by atomic mass is 32.2. The number of halogens is 1. The third-order valence-corrected chi connectivity index (χ3v) is 6.12. The molecule has 0 saturated heterocycles. The van der Waals surface area contributed by atoms with E-state index in [0.29, 0.717) is 6.61 Å². The molecule has 0 saturated carbocycles. The van der Waals surface area contributed by atoms with E-state index in [1.165, 1.54) is 17.6 Å². The number of ether oxygens (including phenoxy) is 2. The van der Waals surface area contributed by atoms with Crippen molar-refractivity contribution in [1.82, 2.24) is 9.29 Å². The van der Waals surface area contributed by atoms with Crippen LogP contribution in [-0.2, 0) is 14.8 Å². The zero-order valence-electron chi connectivity index (χ0n) is 16.5. The van der Waals surface area contributed by atoms with Crippen LogP contribution < -0.4 is 10.1 Å². The summed E-state index contributed by atoms with van der Waals surface area (Å²) in [6.45, 7) is 4.45. The Morgan fingerprint density at radius 2 is 1.93 bits per heavy atom. The summed E-state index contributed by atoms with van der Waals surface area (Å²) >= 11 is 0. The summed E-state index contributed by atoms with van der Waals surface area (Å²) in [7, 11) is -2.31. The first-order valence-electron chi connectivity index (χ1n) is 9.02. The molecule has 29 heavy (non-hydrogen) atoms. The van der Waals surface area contributed by atoms with Gasteiger partial charge in [-0.2, -0.15) is 4.31 Å². The molecule has 0 fully saturated rings. The Morgan fingerprint density at radius 1 is 1.21 bits per heavy atom. The van der Waals surface area contributed by atoms with Crippen molar-refractivity contribution in [3.8, 4) is 5.88 Å². The van der Waals surface area contributed by atoms with Gasteiger partial charge in [0.05, 0.1) is 17.1 Å². The zero-order valence-corrected chi connectivity index (χ0v) is 17.3. The minimum Gasteiger partial charge on any atom is -0.474 e. The highest BCUT2D eigenvalue weighted by Crippen LogP contribution is 2.24. The average molecular weight is 425 g/mol. The van der Waals surface area contributed by atoms with Gasteiger partial charge >= 0.3 is 0 Å². The second-order valence-electron chi connectivity index (χ2n) is 5.88. The summed E-state index contributed by atoms with van der Waals surface area (Å²) in [5.41, 5.74) is -0.171. The molecule has 1 amide bonds. The monoisotopic (exact) mass is 425 g/mol. The lowest BCUT2D eigenvalue weighted by Gasteiger charge is -2.19. The SMILES string of the molecule is CCN(CC)S(=O)(=O)c1ccc(F)c(C(=O)Nc2cccnc2OCCOC)c1. The van der Waals surface area contributed by atoms with Crippen LogP contribution in [0.3, 0.4) is 0 Å². The predicted octanol–water partition coefficient (Wildman–Crippen LogP) is 2.53. The Hall–Kier alpha value is -2.56. The molecule has 0 aliphatic heterocycles. The van der Waals surface area contributed by atoms with Gasteiger partial charge in [0.15, 0.2) is 0 Å². The Bertz CT molecular complexity index is 949. The van der Waals surface area contributed by atoms with E-state index in [2.05, 4.69) is 10.3 Å². The molecule has 0 aliphatic rings. The topological polar surface area (TPSA) is 97.8 Å². The first kappa shape index (κ1) is 22.7. The smallest absolute Gasteiger partial charge is 0.258 e. The third-order valence-electron chi connectivity index (χ3n) is 4.07. The van der Waals surface area contributed by atoms with Gasteiger partial charge in [-0.15, -0.1) is 0 Å². The van der Waals surface area contributed by atoms with Crippen molar-refractivity contribution in [2.45, 2.75) is 18.7 Å². The van der Waals surface area contributed by atoms with Crippen LogP contribution in [0.2, 0.25) is 0 Å². The fraction of sp³-hybridized carbons (Fsp3) is 0.368. The second kappa shape index (κ2) is 10.3. The van der Waals surface area contributed by atoms with Crippen LogP contribution in [-0.4, -0.2) is 57.0 Å². The Kier molecular flexibility index (Phi) is 8.06.